The van der Waals surface area contributed by atoms with Crippen LogP contribution in [0, 0.1) is 4.91 Å². The minimum Gasteiger partial charge on any atom is -0.494 e. The molecule has 1 aliphatic heterocycles. The van der Waals surface area contributed by atoms with Crippen molar-refractivity contribution in [1.82, 2.24) is 19.7 Å². The zero-order valence-electron chi connectivity index (χ0n) is 19.5. The highest BCUT2D eigenvalue weighted by Gasteiger charge is 2.20. The second kappa shape index (κ2) is 10.3. The predicted octanol–water partition coefficient (Wildman–Crippen LogP) is 4.13. The van der Waals surface area contributed by atoms with E-state index in [1.807, 2.05) is 35.2 Å². The number of carbonyl (C=O) groups is 1. The summed E-state index contributed by atoms with van der Waals surface area (Å²) in [5.74, 6) is 1.22. The van der Waals surface area contributed by atoms with Crippen molar-refractivity contribution in [1.29, 1.82) is 0 Å². The van der Waals surface area contributed by atoms with Gasteiger partial charge in [0.05, 0.1) is 37.3 Å². The lowest BCUT2D eigenvalue weighted by molar-refractivity contribution is 0.112. The number of nitroso groups, excluding NO2 is 1. The number of anilines is 3. The molecule has 1 N–H and O–H groups in total. The maximum atomic E-state index is 11.7. The number of ether oxygens (including phenoxy) is 2. The molecular formula is C25H23N7O4. The summed E-state index contributed by atoms with van der Waals surface area (Å²) in [5, 5.41) is 10.9. The number of methoxy groups -OCH3 is 1. The van der Waals surface area contributed by atoms with E-state index in [0.717, 1.165) is 11.8 Å². The van der Waals surface area contributed by atoms with Gasteiger partial charge in [-0.05, 0) is 11.2 Å². The average molecular weight is 486 g/mol. The summed E-state index contributed by atoms with van der Waals surface area (Å²) < 4.78 is 12.5. The molecule has 0 radical (unpaired) electrons. The molecule has 5 rings (SSSR count). The molecule has 2 aromatic heterocycles. The van der Waals surface area contributed by atoms with Crippen molar-refractivity contribution in [3.05, 3.63) is 71.4 Å². The van der Waals surface area contributed by atoms with Gasteiger partial charge in [0, 0.05) is 43.2 Å². The van der Waals surface area contributed by atoms with Crippen LogP contribution in [0.4, 0.5) is 23.0 Å². The Labute approximate surface area is 206 Å². The second-order valence-electron chi connectivity index (χ2n) is 7.96. The molecule has 0 atom stereocenters. The lowest BCUT2D eigenvalue weighted by Crippen LogP contribution is -2.36. The predicted molar refractivity (Wildman–Crippen MR) is 135 cm³/mol. The minimum absolute atomic E-state index is 0.256. The third-order valence-electron chi connectivity index (χ3n) is 5.79. The molecule has 0 amide bonds. The van der Waals surface area contributed by atoms with Gasteiger partial charge in [-0.2, -0.15) is 10.1 Å². The number of aromatic nitrogens is 4. The molecule has 1 saturated heterocycles. The van der Waals surface area contributed by atoms with Gasteiger partial charge in [0.1, 0.15) is 17.1 Å². The summed E-state index contributed by atoms with van der Waals surface area (Å²) in [6, 6.07) is 14.5. The van der Waals surface area contributed by atoms with E-state index in [1.165, 1.54) is 4.68 Å². The quantitative estimate of drug-likeness (QED) is 0.290. The zero-order chi connectivity index (χ0) is 24.9. The van der Waals surface area contributed by atoms with Crippen LogP contribution in [-0.2, 0) is 4.74 Å². The molecule has 1 aliphatic rings. The molecule has 4 aromatic rings. The van der Waals surface area contributed by atoms with E-state index >= 15 is 0 Å². The Morgan fingerprint density at radius 3 is 2.67 bits per heavy atom. The van der Waals surface area contributed by atoms with Crippen molar-refractivity contribution < 1.29 is 14.3 Å². The fourth-order valence-corrected chi connectivity index (χ4v) is 4.02. The Morgan fingerprint density at radius 1 is 1.14 bits per heavy atom. The number of nitrogens with zero attached hydrogens (tertiary/aromatic N) is 6. The highest BCUT2D eigenvalue weighted by atomic mass is 16.5. The Balaban J connectivity index is 1.46. The van der Waals surface area contributed by atoms with Gasteiger partial charge in [-0.15, -0.1) is 4.91 Å². The van der Waals surface area contributed by atoms with Crippen LogP contribution in [0.1, 0.15) is 10.4 Å². The standard InChI is InChI=1S/C25H23N7O4/c1-35-22-14-21(31-9-11-36-12-10-31)19(30-34)13-20(22)27-25-26-8-7-23(28-25)32-15-18(16-33)24(29-32)17-5-3-2-4-6-17/h2-8,13-16H,9-12H2,1H3,(H,26,27,28). The Morgan fingerprint density at radius 2 is 1.94 bits per heavy atom. The van der Waals surface area contributed by atoms with Gasteiger partial charge in [0.2, 0.25) is 5.95 Å². The van der Waals surface area contributed by atoms with E-state index in [4.69, 9.17) is 9.47 Å². The SMILES string of the molecule is COc1cc(N2CCOCC2)c(N=O)cc1Nc1nccc(-n2cc(C=O)c(-c3ccccc3)n2)n1. The summed E-state index contributed by atoms with van der Waals surface area (Å²) in [5.41, 5.74) is 3.26. The maximum Gasteiger partial charge on any atom is 0.229 e. The molecule has 0 unspecified atom stereocenters. The zero-order valence-corrected chi connectivity index (χ0v) is 19.5. The first-order valence-corrected chi connectivity index (χ1v) is 11.3. The van der Waals surface area contributed by atoms with Crippen molar-refractivity contribution in [2.24, 2.45) is 5.18 Å². The third kappa shape index (κ3) is 4.64. The lowest BCUT2D eigenvalue weighted by atomic mass is 10.1. The summed E-state index contributed by atoms with van der Waals surface area (Å²) in [6.45, 7) is 2.46. The Hall–Kier alpha value is -4.64. The van der Waals surface area contributed by atoms with E-state index in [0.29, 0.717) is 60.5 Å². The van der Waals surface area contributed by atoms with Crippen molar-refractivity contribution in [2.75, 3.05) is 43.6 Å². The fraction of sp³-hybridized carbons (Fsp3) is 0.200. The Kier molecular flexibility index (Phi) is 6.63. The number of morpholine rings is 1. The minimum atomic E-state index is 0.256. The van der Waals surface area contributed by atoms with Gasteiger partial charge in [-0.25, -0.2) is 9.67 Å². The first kappa shape index (κ1) is 23.1. The molecule has 3 heterocycles. The van der Waals surface area contributed by atoms with Gasteiger partial charge in [0.15, 0.2) is 12.1 Å². The van der Waals surface area contributed by atoms with Crippen molar-refractivity contribution in [3.63, 3.8) is 0 Å². The number of benzene rings is 2. The summed E-state index contributed by atoms with van der Waals surface area (Å²) in [6.07, 6.45) is 3.96. The molecule has 0 spiro atoms. The summed E-state index contributed by atoms with van der Waals surface area (Å²) in [7, 11) is 1.55. The highest BCUT2D eigenvalue weighted by Crippen LogP contribution is 2.39. The van der Waals surface area contributed by atoms with Crippen LogP contribution in [0.25, 0.3) is 17.1 Å². The molecule has 11 nitrogen and oxygen atoms in total. The molecule has 0 aliphatic carbocycles. The van der Waals surface area contributed by atoms with Crippen LogP contribution in [0.5, 0.6) is 5.75 Å². The van der Waals surface area contributed by atoms with Crippen molar-refractivity contribution in [3.8, 4) is 22.8 Å². The topological polar surface area (TPSA) is 124 Å². The molecule has 11 heteroatoms. The summed E-state index contributed by atoms with van der Waals surface area (Å²) >= 11 is 0. The van der Waals surface area contributed by atoms with E-state index in [2.05, 4.69) is 25.6 Å². The normalized spacial score (nSPS) is 13.3. The van der Waals surface area contributed by atoms with E-state index in [-0.39, 0.29) is 11.6 Å². The molecular weight excluding hydrogens is 462 g/mol. The molecule has 0 saturated carbocycles. The number of carbonyl (C=O) groups excluding carboxylic acids is 1. The number of hydrogen-bond donors (Lipinski definition) is 1. The molecule has 2 aromatic carbocycles. The third-order valence-corrected chi connectivity index (χ3v) is 5.79. The van der Waals surface area contributed by atoms with Gasteiger partial charge in [0.25, 0.3) is 0 Å². The molecule has 36 heavy (non-hydrogen) atoms. The summed E-state index contributed by atoms with van der Waals surface area (Å²) in [4.78, 5) is 34.2. The molecule has 1 fully saturated rings. The van der Waals surface area contributed by atoms with Crippen molar-refractivity contribution >= 4 is 29.3 Å². The van der Waals surface area contributed by atoms with Gasteiger partial charge in [-0.3, -0.25) is 4.79 Å². The monoisotopic (exact) mass is 485 g/mol. The van der Waals surface area contributed by atoms with E-state index in [1.54, 1.807) is 37.7 Å². The first-order chi connectivity index (χ1) is 17.7. The smallest absolute Gasteiger partial charge is 0.229 e. The maximum absolute atomic E-state index is 11.7. The van der Waals surface area contributed by atoms with Crippen LogP contribution in [0.15, 0.2) is 66.1 Å². The van der Waals surface area contributed by atoms with Gasteiger partial charge >= 0.3 is 0 Å². The number of hydrogen-bond acceptors (Lipinski definition) is 10. The fourth-order valence-electron chi connectivity index (χ4n) is 4.02. The van der Waals surface area contributed by atoms with E-state index in [9.17, 15) is 9.70 Å². The average Bonchev–Trinajstić information content (AvgIpc) is 3.39. The van der Waals surface area contributed by atoms with E-state index < -0.39 is 0 Å². The molecule has 0 bridgehead atoms. The van der Waals surface area contributed by atoms with Crippen molar-refractivity contribution in [2.45, 2.75) is 0 Å². The Bertz CT molecular complexity index is 1380. The van der Waals surface area contributed by atoms with Crippen LogP contribution in [-0.4, -0.2) is 59.4 Å². The number of nitrogens with one attached hydrogen (secondary N) is 1. The lowest BCUT2D eigenvalue weighted by Gasteiger charge is -2.30. The van der Waals surface area contributed by atoms with Crippen LogP contribution in [0.2, 0.25) is 0 Å². The number of rotatable bonds is 8. The molecule has 182 valence electrons. The largest absolute Gasteiger partial charge is 0.494 e. The highest BCUT2D eigenvalue weighted by molar-refractivity contribution is 5.85. The van der Waals surface area contributed by atoms with Gasteiger partial charge < -0.3 is 19.7 Å². The van der Waals surface area contributed by atoms with Crippen LogP contribution in [0.3, 0.4) is 0 Å². The van der Waals surface area contributed by atoms with Crippen LogP contribution < -0.4 is 15.0 Å². The first-order valence-electron chi connectivity index (χ1n) is 11.3. The van der Waals surface area contributed by atoms with Gasteiger partial charge in [-0.1, -0.05) is 30.3 Å². The second-order valence-corrected chi connectivity index (χ2v) is 7.96. The number of aldehydes is 1. The van der Waals surface area contributed by atoms with Crippen LogP contribution >= 0.6 is 0 Å².